The molecule has 8 heteroatoms. The predicted molar refractivity (Wildman–Crippen MR) is 89.9 cm³/mol. The summed E-state index contributed by atoms with van der Waals surface area (Å²) in [6.45, 7) is 3.29. The fourth-order valence-electron chi connectivity index (χ4n) is 2.82. The molecule has 1 fully saturated rings. The summed E-state index contributed by atoms with van der Waals surface area (Å²) in [6, 6.07) is 5.72. The smallest absolute Gasteiger partial charge is 0.275 e. The Morgan fingerprint density at radius 3 is 3.08 bits per heavy atom. The van der Waals surface area contributed by atoms with Gasteiger partial charge in [0.25, 0.3) is 5.91 Å². The molecule has 0 spiro atoms. The standard InChI is InChI=1S/C18H20FN3O4/c1-2-20-17(23)12-6-7-22(9-12)18(24)15-10-26-16(21-15)11-25-14-5-3-4-13(19)8-14/h3-5,8,10,12H,2,6-7,9,11H2,1H3,(H,20,23)/t12-/m1/s1. The molecule has 1 saturated heterocycles. The first-order valence-electron chi connectivity index (χ1n) is 8.46. The van der Waals surface area contributed by atoms with E-state index in [1.54, 1.807) is 11.0 Å². The predicted octanol–water partition coefficient (Wildman–Crippen LogP) is 1.99. The average molecular weight is 361 g/mol. The average Bonchev–Trinajstić information content (AvgIpc) is 3.29. The Kier molecular flexibility index (Phi) is 5.50. The van der Waals surface area contributed by atoms with Crippen molar-refractivity contribution in [3.63, 3.8) is 0 Å². The molecule has 0 aliphatic carbocycles. The van der Waals surface area contributed by atoms with Crippen LogP contribution in [0, 0.1) is 11.7 Å². The van der Waals surface area contributed by atoms with Crippen LogP contribution >= 0.6 is 0 Å². The maximum Gasteiger partial charge on any atom is 0.275 e. The van der Waals surface area contributed by atoms with Gasteiger partial charge in [-0.3, -0.25) is 9.59 Å². The van der Waals surface area contributed by atoms with Crippen molar-refractivity contribution >= 4 is 11.8 Å². The van der Waals surface area contributed by atoms with Gasteiger partial charge in [0.1, 0.15) is 17.8 Å². The van der Waals surface area contributed by atoms with Gasteiger partial charge in [-0.2, -0.15) is 0 Å². The van der Waals surface area contributed by atoms with E-state index in [4.69, 9.17) is 9.15 Å². The highest BCUT2D eigenvalue weighted by Gasteiger charge is 2.32. The van der Waals surface area contributed by atoms with E-state index in [-0.39, 0.29) is 35.9 Å². The van der Waals surface area contributed by atoms with Crippen LogP contribution in [0.3, 0.4) is 0 Å². The lowest BCUT2D eigenvalue weighted by Crippen LogP contribution is -2.34. The third-order valence-electron chi connectivity index (χ3n) is 4.13. The largest absolute Gasteiger partial charge is 0.484 e. The highest BCUT2D eigenvalue weighted by atomic mass is 19.1. The van der Waals surface area contributed by atoms with Gasteiger partial charge in [-0.1, -0.05) is 6.07 Å². The number of rotatable bonds is 6. The van der Waals surface area contributed by atoms with E-state index >= 15 is 0 Å². The Hall–Kier alpha value is -2.90. The number of nitrogens with zero attached hydrogens (tertiary/aromatic N) is 2. The molecular weight excluding hydrogens is 341 g/mol. The normalized spacial score (nSPS) is 16.5. The zero-order valence-corrected chi connectivity index (χ0v) is 14.4. The zero-order chi connectivity index (χ0) is 18.5. The van der Waals surface area contributed by atoms with E-state index in [1.165, 1.54) is 24.5 Å². The number of hydrogen-bond donors (Lipinski definition) is 1. The van der Waals surface area contributed by atoms with Crippen LogP contribution in [0.1, 0.15) is 29.7 Å². The molecule has 3 rings (SSSR count). The first kappa shape index (κ1) is 17.9. The number of nitrogens with one attached hydrogen (secondary N) is 1. The second kappa shape index (κ2) is 7.99. The van der Waals surface area contributed by atoms with Crippen molar-refractivity contribution in [1.82, 2.24) is 15.2 Å². The summed E-state index contributed by atoms with van der Waals surface area (Å²) < 4.78 is 23.8. The lowest BCUT2D eigenvalue weighted by Gasteiger charge is -2.14. The summed E-state index contributed by atoms with van der Waals surface area (Å²) in [5.74, 6) is -0.342. The molecule has 0 saturated carbocycles. The van der Waals surface area contributed by atoms with Crippen molar-refractivity contribution in [2.75, 3.05) is 19.6 Å². The van der Waals surface area contributed by atoms with Gasteiger partial charge in [-0.25, -0.2) is 9.37 Å². The molecule has 138 valence electrons. The molecule has 2 amide bonds. The van der Waals surface area contributed by atoms with Gasteiger partial charge in [0.05, 0.1) is 5.92 Å². The number of halogens is 1. The minimum absolute atomic E-state index is 0.0156. The van der Waals surface area contributed by atoms with Gasteiger partial charge >= 0.3 is 0 Å². The molecule has 0 radical (unpaired) electrons. The number of amides is 2. The topological polar surface area (TPSA) is 84.7 Å². The zero-order valence-electron chi connectivity index (χ0n) is 14.4. The highest BCUT2D eigenvalue weighted by Crippen LogP contribution is 2.19. The van der Waals surface area contributed by atoms with E-state index in [1.807, 2.05) is 6.92 Å². The number of carbonyl (C=O) groups excluding carboxylic acids is 2. The summed E-state index contributed by atoms with van der Waals surface area (Å²) in [4.78, 5) is 30.1. The van der Waals surface area contributed by atoms with E-state index in [9.17, 15) is 14.0 Å². The van der Waals surface area contributed by atoms with Crippen LogP contribution in [0.15, 0.2) is 34.9 Å². The summed E-state index contributed by atoms with van der Waals surface area (Å²) in [5.41, 5.74) is 0.166. The van der Waals surface area contributed by atoms with Gasteiger partial charge < -0.3 is 19.4 Å². The SMILES string of the molecule is CCNC(=O)[C@@H]1CCN(C(=O)c2coc(COc3cccc(F)c3)n2)C1. The minimum Gasteiger partial charge on any atom is -0.484 e. The molecule has 1 aliphatic heterocycles. The number of oxazole rings is 1. The van der Waals surface area contributed by atoms with Crippen molar-refractivity contribution in [2.24, 2.45) is 5.92 Å². The maximum atomic E-state index is 13.1. The number of hydrogen-bond acceptors (Lipinski definition) is 5. The van der Waals surface area contributed by atoms with Crippen LogP contribution in [0.25, 0.3) is 0 Å². The first-order valence-corrected chi connectivity index (χ1v) is 8.46. The van der Waals surface area contributed by atoms with Crippen molar-refractivity contribution in [3.8, 4) is 5.75 Å². The van der Waals surface area contributed by atoms with E-state index in [0.29, 0.717) is 31.8 Å². The van der Waals surface area contributed by atoms with Crippen molar-refractivity contribution in [3.05, 3.63) is 47.9 Å². The lowest BCUT2D eigenvalue weighted by molar-refractivity contribution is -0.124. The Morgan fingerprint density at radius 2 is 2.31 bits per heavy atom. The number of benzene rings is 1. The number of ether oxygens (including phenoxy) is 1. The lowest BCUT2D eigenvalue weighted by atomic mass is 10.1. The van der Waals surface area contributed by atoms with Crippen molar-refractivity contribution in [1.29, 1.82) is 0 Å². The summed E-state index contributed by atoms with van der Waals surface area (Å²) in [7, 11) is 0. The van der Waals surface area contributed by atoms with Gasteiger partial charge in [0.2, 0.25) is 11.8 Å². The molecule has 26 heavy (non-hydrogen) atoms. The van der Waals surface area contributed by atoms with E-state index < -0.39 is 5.82 Å². The van der Waals surface area contributed by atoms with E-state index in [0.717, 1.165) is 0 Å². The number of aromatic nitrogens is 1. The highest BCUT2D eigenvalue weighted by molar-refractivity contribution is 5.93. The minimum atomic E-state index is -0.401. The fraction of sp³-hybridized carbons (Fsp3) is 0.389. The molecule has 1 atom stereocenters. The van der Waals surface area contributed by atoms with Crippen LogP contribution in [-0.2, 0) is 11.4 Å². The van der Waals surface area contributed by atoms with Crippen LogP contribution in [0.2, 0.25) is 0 Å². The summed E-state index contributed by atoms with van der Waals surface area (Å²) in [6.07, 6.45) is 1.90. The summed E-state index contributed by atoms with van der Waals surface area (Å²) in [5, 5.41) is 2.77. The van der Waals surface area contributed by atoms with Gasteiger partial charge in [0.15, 0.2) is 12.3 Å². The Labute approximate surface area is 150 Å². The van der Waals surface area contributed by atoms with Crippen LogP contribution < -0.4 is 10.1 Å². The van der Waals surface area contributed by atoms with Crippen LogP contribution in [0.5, 0.6) is 5.75 Å². The Balaban J connectivity index is 1.56. The first-order chi connectivity index (χ1) is 12.6. The Bertz CT molecular complexity index is 792. The van der Waals surface area contributed by atoms with Gasteiger partial charge in [-0.15, -0.1) is 0 Å². The molecule has 7 nitrogen and oxygen atoms in total. The molecular formula is C18H20FN3O4. The second-order valence-corrected chi connectivity index (χ2v) is 6.00. The molecule has 2 heterocycles. The van der Waals surface area contributed by atoms with Crippen molar-refractivity contribution in [2.45, 2.75) is 20.0 Å². The Morgan fingerprint density at radius 1 is 1.46 bits per heavy atom. The third-order valence-corrected chi connectivity index (χ3v) is 4.13. The molecule has 1 aliphatic rings. The number of carbonyl (C=O) groups is 2. The maximum absolute atomic E-state index is 13.1. The third kappa shape index (κ3) is 4.19. The monoisotopic (exact) mass is 361 g/mol. The van der Waals surface area contributed by atoms with Crippen LogP contribution in [0.4, 0.5) is 4.39 Å². The van der Waals surface area contributed by atoms with E-state index in [2.05, 4.69) is 10.3 Å². The molecule has 0 bridgehead atoms. The van der Waals surface area contributed by atoms with Gasteiger partial charge in [-0.05, 0) is 25.5 Å². The molecule has 1 aromatic heterocycles. The summed E-state index contributed by atoms with van der Waals surface area (Å²) >= 11 is 0. The second-order valence-electron chi connectivity index (χ2n) is 6.00. The van der Waals surface area contributed by atoms with Crippen LogP contribution in [-0.4, -0.2) is 41.3 Å². The fourth-order valence-corrected chi connectivity index (χ4v) is 2.82. The molecule has 0 unspecified atom stereocenters. The number of likely N-dealkylation sites (tertiary alicyclic amines) is 1. The molecule has 1 aromatic carbocycles. The van der Waals surface area contributed by atoms with Gasteiger partial charge in [0, 0.05) is 25.7 Å². The quantitative estimate of drug-likeness (QED) is 0.851. The molecule has 2 aromatic rings. The molecule has 1 N–H and O–H groups in total. The van der Waals surface area contributed by atoms with Crippen molar-refractivity contribution < 1.29 is 23.1 Å².